The Morgan fingerprint density at radius 1 is 0.955 bits per heavy atom. The summed E-state index contributed by atoms with van der Waals surface area (Å²) in [6.45, 7) is 3.21. The van der Waals surface area contributed by atoms with Gasteiger partial charge >= 0.3 is 0 Å². The summed E-state index contributed by atoms with van der Waals surface area (Å²) < 4.78 is 0. The monoisotopic (exact) mass is 302 g/mol. The van der Waals surface area contributed by atoms with Crippen molar-refractivity contribution in [3.63, 3.8) is 0 Å². The first-order chi connectivity index (χ1) is 10.8. The van der Waals surface area contributed by atoms with Crippen molar-refractivity contribution in [3.8, 4) is 0 Å². The second-order valence-electron chi connectivity index (χ2n) is 6.00. The Labute approximate surface area is 134 Å². The van der Waals surface area contributed by atoms with Gasteiger partial charge in [0.2, 0.25) is 0 Å². The van der Waals surface area contributed by atoms with E-state index in [0.29, 0.717) is 0 Å². The van der Waals surface area contributed by atoms with Crippen LogP contribution in [0.4, 0.5) is 5.82 Å². The average molecular weight is 302 g/mol. The number of aromatic nitrogens is 1. The molecule has 0 aliphatic carbocycles. The summed E-state index contributed by atoms with van der Waals surface area (Å²) in [5, 5.41) is 3.20. The molecule has 2 rings (SSSR count). The van der Waals surface area contributed by atoms with Crippen LogP contribution >= 0.6 is 0 Å². The number of hydrogen-bond acceptors (Lipinski definition) is 2. The van der Waals surface area contributed by atoms with Gasteiger partial charge in [-0.15, -0.1) is 0 Å². The van der Waals surface area contributed by atoms with Crippen molar-refractivity contribution in [2.75, 3.05) is 18.7 Å². The summed E-state index contributed by atoms with van der Waals surface area (Å²) in [7, 11) is 1.75. The Balaban J connectivity index is 1.71. The highest BCUT2D eigenvalue weighted by atomic mass is 16.7. The standard InChI is InChI=1S/C19H30N2O/c1-3-4-5-6-7-8-9-12-15-21(22-2)19-16-17-13-10-11-14-18(17)20-19/h10-11,13-14,16,20H,3-9,12,15H2,1-2H3. The van der Waals surface area contributed by atoms with Crippen molar-refractivity contribution < 1.29 is 4.84 Å². The third kappa shape index (κ3) is 5.06. The molecule has 1 aromatic carbocycles. The Kier molecular flexibility index (Phi) is 7.31. The molecule has 0 unspecified atom stereocenters. The van der Waals surface area contributed by atoms with Gasteiger partial charge in [-0.3, -0.25) is 4.84 Å². The number of aromatic amines is 1. The van der Waals surface area contributed by atoms with Crippen LogP contribution in [-0.2, 0) is 4.84 Å². The summed E-state index contributed by atoms with van der Waals surface area (Å²) in [5.74, 6) is 1.05. The molecule has 0 fully saturated rings. The third-order valence-electron chi connectivity index (χ3n) is 4.22. The zero-order valence-electron chi connectivity index (χ0n) is 14.1. The molecule has 22 heavy (non-hydrogen) atoms. The van der Waals surface area contributed by atoms with Gasteiger partial charge in [0, 0.05) is 17.4 Å². The molecule has 0 aliphatic rings. The van der Waals surface area contributed by atoms with Gasteiger partial charge < -0.3 is 4.98 Å². The van der Waals surface area contributed by atoms with Gasteiger partial charge in [-0.25, -0.2) is 5.06 Å². The van der Waals surface area contributed by atoms with Gasteiger partial charge in [-0.05, 0) is 18.6 Å². The largest absolute Gasteiger partial charge is 0.340 e. The number of H-pyrrole nitrogens is 1. The summed E-state index contributed by atoms with van der Waals surface area (Å²) in [5.41, 5.74) is 1.16. The van der Waals surface area contributed by atoms with Crippen molar-refractivity contribution >= 4 is 16.7 Å². The fraction of sp³-hybridized carbons (Fsp3) is 0.579. The van der Waals surface area contributed by atoms with Crippen LogP contribution in [0.25, 0.3) is 10.9 Å². The van der Waals surface area contributed by atoms with Crippen molar-refractivity contribution in [1.82, 2.24) is 4.98 Å². The van der Waals surface area contributed by atoms with E-state index >= 15 is 0 Å². The van der Waals surface area contributed by atoms with E-state index in [9.17, 15) is 0 Å². The normalized spacial score (nSPS) is 11.2. The van der Waals surface area contributed by atoms with Crippen LogP contribution in [0.1, 0.15) is 58.3 Å². The molecule has 0 aliphatic heterocycles. The molecular weight excluding hydrogens is 272 g/mol. The molecule has 3 nitrogen and oxygen atoms in total. The van der Waals surface area contributed by atoms with E-state index in [4.69, 9.17) is 4.84 Å². The number of rotatable bonds is 11. The molecule has 122 valence electrons. The van der Waals surface area contributed by atoms with E-state index < -0.39 is 0 Å². The number of hydrogen-bond donors (Lipinski definition) is 1. The quantitative estimate of drug-likeness (QED) is 0.427. The van der Waals surface area contributed by atoms with Crippen LogP contribution in [-0.4, -0.2) is 18.6 Å². The van der Waals surface area contributed by atoms with Gasteiger partial charge in [-0.2, -0.15) is 0 Å². The van der Waals surface area contributed by atoms with Gasteiger partial charge in [0.1, 0.15) is 5.82 Å². The molecule has 0 bridgehead atoms. The summed E-state index contributed by atoms with van der Waals surface area (Å²) in [4.78, 5) is 8.95. The highest BCUT2D eigenvalue weighted by Gasteiger charge is 2.08. The second-order valence-corrected chi connectivity index (χ2v) is 6.00. The minimum atomic E-state index is 0.943. The Morgan fingerprint density at radius 2 is 1.64 bits per heavy atom. The smallest absolute Gasteiger partial charge is 0.131 e. The van der Waals surface area contributed by atoms with E-state index in [-0.39, 0.29) is 0 Å². The minimum Gasteiger partial charge on any atom is -0.340 e. The topological polar surface area (TPSA) is 28.3 Å². The number of nitrogens with one attached hydrogen (secondary N) is 1. The van der Waals surface area contributed by atoms with E-state index in [1.165, 1.54) is 56.8 Å². The van der Waals surface area contributed by atoms with Crippen LogP contribution in [0.5, 0.6) is 0 Å². The fourth-order valence-electron chi connectivity index (χ4n) is 2.89. The van der Waals surface area contributed by atoms with Crippen LogP contribution < -0.4 is 5.06 Å². The Morgan fingerprint density at radius 3 is 2.32 bits per heavy atom. The third-order valence-corrected chi connectivity index (χ3v) is 4.22. The number of para-hydroxylation sites is 1. The van der Waals surface area contributed by atoms with Crippen LogP contribution in [0.15, 0.2) is 30.3 Å². The van der Waals surface area contributed by atoms with Crippen LogP contribution in [0, 0.1) is 0 Å². The number of fused-ring (bicyclic) bond motifs is 1. The van der Waals surface area contributed by atoms with Crippen molar-refractivity contribution in [3.05, 3.63) is 30.3 Å². The van der Waals surface area contributed by atoms with Gasteiger partial charge in [0.15, 0.2) is 0 Å². The van der Waals surface area contributed by atoms with E-state index in [1.54, 1.807) is 7.11 Å². The molecule has 1 aromatic heterocycles. The number of benzene rings is 1. The molecule has 0 radical (unpaired) electrons. The zero-order chi connectivity index (χ0) is 15.6. The molecular formula is C19H30N2O. The highest BCUT2D eigenvalue weighted by Crippen LogP contribution is 2.22. The predicted molar refractivity (Wildman–Crippen MR) is 95.3 cm³/mol. The molecule has 0 saturated heterocycles. The molecule has 0 saturated carbocycles. The molecule has 1 heterocycles. The second kappa shape index (κ2) is 9.52. The Bertz CT molecular complexity index is 502. The van der Waals surface area contributed by atoms with E-state index in [1.807, 2.05) is 5.06 Å². The van der Waals surface area contributed by atoms with E-state index in [0.717, 1.165) is 17.9 Å². The summed E-state index contributed by atoms with van der Waals surface area (Å²) in [6, 6.07) is 10.5. The maximum atomic E-state index is 5.53. The first-order valence-electron chi connectivity index (χ1n) is 8.74. The maximum absolute atomic E-state index is 5.53. The zero-order valence-corrected chi connectivity index (χ0v) is 14.1. The SMILES string of the molecule is CCCCCCCCCCN(OC)c1cc2ccccc2[nH]1. The van der Waals surface area contributed by atoms with Gasteiger partial charge in [0.05, 0.1) is 7.11 Å². The lowest BCUT2D eigenvalue weighted by Gasteiger charge is -2.19. The predicted octanol–water partition coefficient (Wildman–Crippen LogP) is 5.68. The number of nitrogens with zero attached hydrogens (tertiary/aromatic N) is 1. The molecule has 1 N–H and O–H groups in total. The summed E-state index contributed by atoms with van der Waals surface area (Å²) in [6.07, 6.45) is 10.7. The molecule has 0 atom stereocenters. The number of unbranched alkanes of at least 4 members (excludes halogenated alkanes) is 7. The minimum absolute atomic E-state index is 0.943. The van der Waals surface area contributed by atoms with Crippen LogP contribution in [0.3, 0.4) is 0 Å². The molecule has 2 aromatic rings. The number of hydroxylamine groups is 1. The molecule has 0 spiro atoms. The van der Waals surface area contributed by atoms with E-state index in [2.05, 4.69) is 42.2 Å². The maximum Gasteiger partial charge on any atom is 0.131 e. The highest BCUT2D eigenvalue weighted by molar-refractivity contribution is 5.83. The lowest BCUT2D eigenvalue weighted by molar-refractivity contribution is 0.163. The molecule has 3 heteroatoms. The fourth-order valence-corrected chi connectivity index (χ4v) is 2.89. The van der Waals surface area contributed by atoms with Crippen molar-refractivity contribution in [2.24, 2.45) is 0 Å². The Hall–Kier alpha value is -1.48. The lowest BCUT2D eigenvalue weighted by atomic mass is 10.1. The first-order valence-corrected chi connectivity index (χ1v) is 8.74. The average Bonchev–Trinajstić information content (AvgIpc) is 2.97. The van der Waals surface area contributed by atoms with Gasteiger partial charge in [-0.1, -0.05) is 70.1 Å². The summed E-state index contributed by atoms with van der Waals surface area (Å²) >= 11 is 0. The van der Waals surface area contributed by atoms with Crippen molar-refractivity contribution in [2.45, 2.75) is 58.3 Å². The van der Waals surface area contributed by atoms with Crippen molar-refractivity contribution in [1.29, 1.82) is 0 Å². The van der Waals surface area contributed by atoms with Gasteiger partial charge in [0.25, 0.3) is 0 Å². The molecule has 0 amide bonds. The number of anilines is 1. The first kappa shape index (κ1) is 16.9. The lowest BCUT2D eigenvalue weighted by Crippen LogP contribution is -2.23. The van der Waals surface area contributed by atoms with Crippen LogP contribution in [0.2, 0.25) is 0 Å².